The van der Waals surface area contributed by atoms with E-state index >= 15 is 0 Å². The molecule has 3 unspecified atom stereocenters. The zero-order chi connectivity index (χ0) is 18.1. The molecule has 2 heterocycles. The fourth-order valence-electron chi connectivity index (χ4n) is 3.37. The van der Waals surface area contributed by atoms with E-state index in [0.717, 1.165) is 17.5 Å². The van der Waals surface area contributed by atoms with Crippen LogP contribution in [0.25, 0.3) is 0 Å². The molecule has 1 saturated heterocycles. The van der Waals surface area contributed by atoms with Gasteiger partial charge in [0, 0.05) is 19.0 Å². The molecule has 136 valence electrons. The number of aliphatic hydroxyl groups excluding tert-OH is 1. The first kappa shape index (κ1) is 17.3. The predicted molar refractivity (Wildman–Crippen MR) is 95.5 cm³/mol. The standard InChI is InChI=1S/C19H19ClN2O4/c20-15-7-12(9-21-19(15)26-13-5-6-25-10-13)18(24)22-17-14-4-2-1-3-11(14)8-16(17)23/h1-4,7,9,13,16-17,23H,5-6,8,10H2,(H,22,24). The van der Waals surface area contributed by atoms with Crippen molar-refractivity contribution in [1.29, 1.82) is 0 Å². The van der Waals surface area contributed by atoms with Crippen molar-refractivity contribution in [1.82, 2.24) is 10.3 Å². The van der Waals surface area contributed by atoms with Crippen LogP contribution in [-0.2, 0) is 11.2 Å². The maximum Gasteiger partial charge on any atom is 0.253 e. The molecule has 1 aromatic carbocycles. The van der Waals surface area contributed by atoms with Gasteiger partial charge < -0.3 is 19.9 Å². The van der Waals surface area contributed by atoms with Crippen molar-refractivity contribution in [3.8, 4) is 5.88 Å². The smallest absolute Gasteiger partial charge is 0.253 e. The summed E-state index contributed by atoms with van der Waals surface area (Å²) in [6, 6.07) is 8.79. The molecule has 2 N–H and O–H groups in total. The number of halogens is 1. The molecule has 1 aromatic heterocycles. The molecule has 26 heavy (non-hydrogen) atoms. The number of pyridine rings is 1. The molecule has 1 aliphatic carbocycles. The Balaban J connectivity index is 1.47. The number of benzene rings is 1. The molecule has 0 bridgehead atoms. The van der Waals surface area contributed by atoms with Crippen LogP contribution in [0.5, 0.6) is 5.88 Å². The van der Waals surface area contributed by atoms with Gasteiger partial charge in [0.05, 0.1) is 30.9 Å². The average Bonchev–Trinajstić information content (AvgIpc) is 3.25. The van der Waals surface area contributed by atoms with Crippen molar-refractivity contribution in [2.45, 2.75) is 31.1 Å². The van der Waals surface area contributed by atoms with Gasteiger partial charge in [-0.05, 0) is 17.2 Å². The van der Waals surface area contributed by atoms with Crippen molar-refractivity contribution >= 4 is 17.5 Å². The number of fused-ring (bicyclic) bond motifs is 1. The quantitative estimate of drug-likeness (QED) is 0.858. The topological polar surface area (TPSA) is 80.7 Å². The van der Waals surface area contributed by atoms with Crippen molar-refractivity contribution in [3.63, 3.8) is 0 Å². The summed E-state index contributed by atoms with van der Waals surface area (Å²) in [6.07, 6.45) is 2.03. The van der Waals surface area contributed by atoms with E-state index in [1.807, 2.05) is 24.3 Å². The van der Waals surface area contributed by atoms with E-state index in [2.05, 4.69) is 10.3 Å². The van der Waals surface area contributed by atoms with Crippen molar-refractivity contribution in [3.05, 3.63) is 58.2 Å². The number of carbonyl (C=O) groups is 1. The van der Waals surface area contributed by atoms with Gasteiger partial charge in [-0.25, -0.2) is 4.98 Å². The van der Waals surface area contributed by atoms with E-state index in [-0.39, 0.29) is 17.0 Å². The fourth-order valence-corrected chi connectivity index (χ4v) is 3.58. The molecule has 0 radical (unpaired) electrons. The minimum Gasteiger partial charge on any atom is -0.471 e. The lowest BCUT2D eigenvalue weighted by Crippen LogP contribution is -2.34. The normalized spacial score (nSPS) is 24.3. The van der Waals surface area contributed by atoms with Gasteiger partial charge in [0.2, 0.25) is 5.88 Å². The highest BCUT2D eigenvalue weighted by Gasteiger charge is 2.32. The van der Waals surface area contributed by atoms with Gasteiger partial charge in [0.25, 0.3) is 5.91 Å². The molecule has 0 spiro atoms. The second kappa shape index (κ2) is 7.23. The highest BCUT2D eigenvalue weighted by atomic mass is 35.5. The van der Waals surface area contributed by atoms with Gasteiger partial charge in [-0.3, -0.25) is 4.79 Å². The van der Waals surface area contributed by atoms with Crippen molar-refractivity contribution in [2.75, 3.05) is 13.2 Å². The van der Waals surface area contributed by atoms with E-state index < -0.39 is 12.1 Å². The number of ether oxygens (including phenoxy) is 2. The summed E-state index contributed by atoms with van der Waals surface area (Å²) in [5.74, 6) is -0.0409. The number of nitrogens with zero attached hydrogens (tertiary/aromatic N) is 1. The molecule has 1 amide bonds. The molecular weight excluding hydrogens is 356 g/mol. The highest BCUT2D eigenvalue weighted by molar-refractivity contribution is 6.32. The van der Waals surface area contributed by atoms with Gasteiger partial charge in [0.15, 0.2) is 0 Å². The number of amides is 1. The Hall–Kier alpha value is -2.15. The maximum absolute atomic E-state index is 12.6. The van der Waals surface area contributed by atoms with E-state index in [1.165, 1.54) is 12.3 Å². The number of hydrogen-bond acceptors (Lipinski definition) is 5. The summed E-state index contributed by atoms with van der Waals surface area (Å²) < 4.78 is 11.0. The molecule has 2 aromatic rings. The summed E-state index contributed by atoms with van der Waals surface area (Å²) in [6.45, 7) is 1.17. The largest absolute Gasteiger partial charge is 0.471 e. The summed E-state index contributed by atoms with van der Waals surface area (Å²) in [4.78, 5) is 16.8. The zero-order valence-electron chi connectivity index (χ0n) is 14.0. The van der Waals surface area contributed by atoms with Crippen LogP contribution in [0, 0.1) is 0 Å². The lowest BCUT2D eigenvalue weighted by molar-refractivity contribution is 0.0857. The Morgan fingerprint density at radius 3 is 3.00 bits per heavy atom. The Bertz CT molecular complexity index is 823. The van der Waals surface area contributed by atoms with Gasteiger partial charge in [-0.15, -0.1) is 0 Å². The lowest BCUT2D eigenvalue weighted by atomic mass is 10.1. The highest BCUT2D eigenvalue weighted by Crippen LogP contribution is 2.32. The Morgan fingerprint density at radius 1 is 1.38 bits per heavy atom. The van der Waals surface area contributed by atoms with Crippen molar-refractivity contribution in [2.24, 2.45) is 0 Å². The van der Waals surface area contributed by atoms with Gasteiger partial charge >= 0.3 is 0 Å². The molecule has 7 heteroatoms. The van der Waals surface area contributed by atoms with Gasteiger partial charge in [0.1, 0.15) is 11.1 Å². The number of nitrogens with one attached hydrogen (secondary N) is 1. The Labute approximate surface area is 156 Å². The lowest BCUT2D eigenvalue weighted by Gasteiger charge is -2.18. The first-order valence-corrected chi connectivity index (χ1v) is 8.96. The molecular formula is C19H19ClN2O4. The minimum absolute atomic E-state index is 0.0650. The first-order valence-electron chi connectivity index (χ1n) is 8.58. The van der Waals surface area contributed by atoms with Crippen LogP contribution < -0.4 is 10.1 Å². The molecule has 2 aliphatic rings. The summed E-state index contributed by atoms with van der Waals surface area (Å²) in [5.41, 5.74) is 2.30. The molecule has 3 atom stereocenters. The molecule has 1 fully saturated rings. The maximum atomic E-state index is 12.6. The average molecular weight is 375 g/mol. The summed E-state index contributed by atoms with van der Waals surface area (Å²) in [5, 5.41) is 13.4. The van der Waals surface area contributed by atoms with E-state index in [4.69, 9.17) is 21.1 Å². The number of aromatic nitrogens is 1. The fraction of sp³-hybridized carbons (Fsp3) is 0.368. The number of carbonyl (C=O) groups excluding carboxylic acids is 1. The van der Waals surface area contributed by atoms with E-state index in [9.17, 15) is 9.90 Å². The zero-order valence-corrected chi connectivity index (χ0v) is 14.8. The monoisotopic (exact) mass is 374 g/mol. The second-order valence-electron chi connectivity index (χ2n) is 6.54. The van der Waals surface area contributed by atoms with Crippen LogP contribution in [0.15, 0.2) is 36.5 Å². The third-order valence-corrected chi connectivity index (χ3v) is 5.00. The third kappa shape index (κ3) is 3.40. The van der Waals surface area contributed by atoms with Crippen LogP contribution in [-0.4, -0.2) is 41.4 Å². The number of hydrogen-bond donors (Lipinski definition) is 2. The van der Waals surface area contributed by atoms with Gasteiger partial charge in [-0.1, -0.05) is 35.9 Å². The van der Waals surface area contributed by atoms with Crippen molar-refractivity contribution < 1.29 is 19.4 Å². The van der Waals surface area contributed by atoms with Crippen LogP contribution in [0.2, 0.25) is 5.02 Å². The molecule has 0 saturated carbocycles. The number of rotatable bonds is 4. The van der Waals surface area contributed by atoms with Crippen LogP contribution >= 0.6 is 11.6 Å². The van der Waals surface area contributed by atoms with E-state index in [0.29, 0.717) is 31.1 Å². The Kier molecular flexibility index (Phi) is 4.80. The molecule has 1 aliphatic heterocycles. The van der Waals surface area contributed by atoms with Crippen LogP contribution in [0.1, 0.15) is 33.9 Å². The predicted octanol–water partition coefficient (Wildman–Crippen LogP) is 2.29. The SMILES string of the molecule is O=C(NC1c2ccccc2CC1O)c1cnc(OC2CCOC2)c(Cl)c1. The summed E-state index contributed by atoms with van der Waals surface area (Å²) >= 11 is 6.22. The molecule has 6 nitrogen and oxygen atoms in total. The molecule has 4 rings (SSSR count). The van der Waals surface area contributed by atoms with Crippen LogP contribution in [0.3, 0.4) is 0 Å². The Morgan fingerprint density at radius 2 is 2.23 bits per heavy atom. The number of aliphatic hydroxyl groups is 1. The summed E-state index contributed by atoms with van der Waals surface area (Å²) in [7, 11) is 0. The van der Waals surface area contributed by atoms with Crippen LogP contribution in [0.4, 0.5) is 0 Å². The van der Waals surface area contributed by atoms with E-state index in [1.54, 1.807) is 0 Å². The second-order valence-corrected chi connectivity index (χ2v) is 6.94. The van der Waals surface area contributed by atoms with Gasteiger partial charge in [-0.2, -0.15) is 0 Å². The third-order valence-electron chi connectivity index (χ3n) is 4.73. The minimum atomic E-state index is -0.648. The first-order chi connectivity index (χ1) is 12.6.